The predicted octanol–water partition coefficient (Wildman–Crippen LogP) is 4.72. The molecule has 0 amide bonds. The van der Waals surface area contributed by atoms with E-state index in [2.05, 4.69) is 42.5 Å². The van der Waals surface area contributed by atoms with Crippen molar-refractivity contribution in [2.45, 2.75) is 33.7 Å². The van der Waals surface area contributed by atoms with Crippen LogP contribution in [0.5, 0.6) is 0 Å². The molecule has 0 N–H and O–H groups in total. The summed E-state index contributed by atoms with van der Waals surface area (Å²) in [5.74, 6) is 1.08. The number of pyridine rings is 1. The van der Waals surface area contributed by atoms with Crippen molar-refractivity contribution in [2.75, 3.05) is 0 Å². The Morgan fingerprint density at radius 3 is 2.50 bits per heavy atom. The van der Waals surface area contributed by atoms with Gasteiger partial charge in [0.15, 0.2) is 5.65 Å². The van der Waals surface area contributed by atoms with Gasteiger partial charge in [0.1, 0.15) is 11.3 Å². The molecule has 0 radical (unpaired) electrons. The van der Waals surface area contributed by atoms with Gasteiger partial charge in [-0.3, -0.25) is 0 Å². The average molecular weight is 314 g/mol. The standard InChI is InChI=1S/C18H20ClN3/c1-18(2,3)11-16-21-15-5-4-10-20-17(15)22(16)12-13-6-8-14(19)9-7-13/h4-10H,11-12H2,1-3H3. The number of hydrogen-bond acceptors (Lipinski definition) is 2. The van der Waals surface area contributed by atoms with Crippen molar-refractivity contribution in [2.24, 2.45) is 5.41 Å². The Morgan fingerprint density at radius 1 is 1.09 bits per heavy atom. The maximum atomic E-state index is 5.98. The second-order valence-corrected chi connectivity index (χ2v) is 7.26. The number of rotatable bonds is 3. The number of nitrogens with zero attached hydrogens (tertiary/aromatic N) is 3. The molecule has 1 aromatic carbocycles. The Morgan fingerprint density at radius 2 is 1.82 bits per heavy atom. The molecule has 4 heteroatoms. The van der Waals surface area contributed by atoms with Crippen molar-refractivity contribution in [3.05, 3.63) is 59.0 Å². The lowest BCUT2D eigenvalue weighted by Gasteiger charge is -2.18. The van der Waals surface area contributed by atoms with Crippen LogP contribution in [0.2, 0.25) is 5.02 Å². The van der Waals surface area contributed by atoms with Gasteiger partial charge in [0.25, 0.3) is 0 Å². The third kappa shape index (κ3) is 3.30. The van der Waals surface area contributed by atoms with E-state index in [0.29, 0.717) is 0 Å². The van der Waals surface area contributed by atoms with Crippen LogP contribution in [0, 0.1) is 5.41 Å². The molecule has 0 unspecified atom stereocenters. The van der Waals surface area contributed by atoms with Crippen molar-refractivity contribution in [1.82, 2.24) is 14.5 Å². The first-order chi connectivity index (χ1) is 10.4. The summed E-state index contributed by atoms with van der Waals surface area (Å²) in [7, 11) is 0. The molecule has 0 atom stereocenters. The molecule has 0 bridgehead atoms. The zero-order chi connectivity index (χ0) is 15.7. The van der Waals surface area contributed by atoms with E-state index in [1.807, 2.05) is 30.5 Å². The van der Waals surface area contributed by atoms with Crippen LogP contribution in [0.25, 0.3) is 11.2 Å². The fourth-order valence-corrected chi connectivity index (χ4v) is 2.68. The van der Waals surface area contributed by atoms with E-state index in [4.69, 9.17) is 16.6 Å². The van der Waals surface area contributed by atoms with E-state index in [-0.39, 0.29) is 5.41 Å². The van der Waals surface area contributed by atoms with Crippen LogP contribution >= 0.6 is 11.6 Å². The minimum Gasteiger partial charge on any atom is -0.308 e. The zero-order valence-electron chi connectivity index (χ0n) is 13.2. The molecule has 2 aromatic heterocycles. The number of imidazole rings is 1. The molecule has 3 rings (SSSR count). The van der Waals surface area contributed by atoms with Gasteiger partial charge in [-0.2, -0.15) is 0 Å². The van der Waals surface area contributed by atoms with Gasteiger partial charge < -0.3 is 4.57 Å². The van der Waals surface area contributed by atoms with E-state index in [9.17, 15) is 0 Å². The highest BCUT2D eigenvalue weighted by Gasteiger charge is 2.18. The molecule has 0 spiro atoms. The minimum atomic E-state index is 0.180. The number of halogens is 1. The summed E-state index contributed by atoms with van der Waals surface area (Å²) in [5.41, 5.74) is 3.27. The van der Waals surface area contributed by atoms with Crippen molar-refractivity contribution >= 4 is 22.8 Å². The summed E-state index contributed by atoms with van der Waals surface area (Å²) in [4.78, 5) is 9.31. The highest BCUT2D eigenvalue weighted by atomic mass is 35.5. The summed E-state index contributed by atoms with van der Waals surface area (Å²) in [6, 6.07) is 11.9. The Balaban J connectivity index is 2.05. The highest BCUT2D eigenvalue weighted by Crippen LogP contribution is 2.24. The molecule has 0 fully saturated rings. The first-order valence-corrected chi connectivity index (χ1v) is 7.85. The molecule has 22 heavy (non-hydrogen) atoms. The van der Waals surface area contributed by atoms with Crippen molar-refractivity contribution < 1.29 is 0 Å². The van der Waals surface area contributed by atoms with Crippen molar-refractivity contribution in [3.8, 4) is 0 Å². The molecule has 3 aromatic rings. The van der Waals surface area contributed by atoms with Crippen LogP contribution in [0.3, 0.4) is 0 Å². The third-order valence-corrected chi connectivity index (χ3v) is 3.78. The SMILES string of the molecule is CC(C)(C)Cc1nc2cccnc2n1Cc1ccc(Cl)cc1. The topological polar surface area (TPSA) is 30.7 Å². The Kier molecular flexibility index (Phi) is 3.92. The van der Waals surface area contributed by atoms with E-state index in [1.165, 1.54) is 5.56 Å². The summed E-state index contributed by atoms with van der Waals surface area (Å²) in [6.07, 6.45) is 2.74. The van der Waals surface area contributed by atoms with E-state index in [1.54, 1.807) is 0 Å². The Hall–Kier alpha value is -1.87. The molecule has 0 saturated carbocycles. The number of aromatic nitrogens is 3. The fraction of sp³-hybridized carbons (Fsp3) is 0.333. The van der Waals surface area contributed by atoms with E-state index in [0.717, 1.165) is 35.0 Å². The second kappa shape index (κ2) is 5.73. The van der Waals surface area contributed by atoms with Crippen LogP contribution in [0.4, 0.5) is 0 Å². The summed E-state index contributed by atoms with van der Waals surface area (Å²) in [6.45, 7) is 7.45. The van der Waals surface area contributed by atoms with Crippen LogP contribution < -0.4 is 0 Å². The van der Waals surface area contributed by atoms with Gasteiger partial charge in [-0.15, -0.1) is 0 Å². The minimum absolute atomic E-state index is 0.180. The van der Waals surface area contributed by atoms with Gasteiger partial charge in [-0.25, -0.2) is 9.97 Å². The first kappa shape index (κ1) is 15.0. The van der Waals surface area contributed by atoms with Crippen molar-refractivity contribution in [1.29, 1.82) is 0 Å². The molecular formula is C18H20ClN3. The molecule has 2 heterocycles. The Bertz CT molecular complexity index is 782. The smallest absolute Gasteiger partial charge is 0.160 e. The van der Waals surface area contributed by atoms with Crippen molar-refractivity contribution in [3.63, 3.8) is 0 Å². The molecule has 0 aliphatic rings. The fourth-order valence-electron chi connectivity index (χ4n) is 2.55. The molecule has 0 aliphatic carbocycles. The predicted molar refractivity (Wildman–Crippen MR) is 91.2 cm³/mol. The lowest BCUT2D eigenvalue weighted by molar-refractivity contribution is 0.394. The van der Waals surface area contributed by atoms with Gasteiger partial charge in [-0.05, 0) is 35.2 Å². The molecule has 0 aliphatic heterocycles. The second-order valence-electron chi connectivity index (χ2n) is 6.82. The zero-order valence-corrected chi connectivity index (χ0v) is 13.9. The molecule has 0 saturated heterocycles. The van der Waals surface area contributed by atoms with Crippen LogP contribution in [-0.2, 0) is 13.0 Å². The van der Waals surface area contributed by atoms with Crippen LogP contribution in [-0.4, -0.2) is 14.5 Å². The first-order valence-electron chi connectivity index (χ1n) is 7.47. The molecule has 3 nitrogen and oxygen atoms in total. The number of fused-ring (bicyclic) bond motifs is 1. The summed E-state index contributed by atoms with van der Waals surface area (Å²) >= 11 is 5.98. The Labute approximate surface area is 136 Å². The van der Waals surface area contributed by atoms with Gasteiger partial charge in [-0.1, -0.05) is 44.5 Å². The molecular weight excluding hydrogens is 294 g/mol. The van der Waals surface area contributed by atoms with Gasteiger partial charge >= 0.3 is 0 Å². The monoisotopic (exact) mass is 313 g/mol. The quantitative estimate of drug-likeness (QED) is 0.700. The largest absolute Gasteiger partial charge is 0.308 e. The highest BCUT2D eigenvalue weighted by molar-refractivity contribution is 6.30. The van der Waals surface area contributed by atoms with Gasteiger partial charge in [0.05, 0.1) is 6.54 Å². The summed E-state index contributed by atoms with van der Waals surface area (Å²) < 4.78 is 2.21. The van der Waals surface area contributed by atoms with Crippen LogP contribution in [0.1, 0.15) is 32.2 Å². The van der Waals surface area contributed by atoms with Gasteiger partial charge in [0, 0.05) is 17.6 Å². The maximum absolute atomic E-state index is 5.98. The number of hydrogen-bond donors (Lipinski definition) is 0. The number of benzene rings is 1. The van der Waals surface area contributed by atoms with Crippen LogP contribution in [0.15, 0.2) is 42.6 Å². The lowest BCUT2D eigenvalue weighted by Crippen LogP contribution is -2.15. The molecule has 114 valence electrons. The van der Waals surface area contributed by atoms with Gasteiger partial charge in [0.2, 0.25) is 0 Å². The normalized spacial score (nSPS) is 12.0. The maximum Gasteiger partial charge on any atom is 0.160 e. The summed E-state index contributed by atoms with van der Waals surface area (Å²) in [5, 5.41) is 0.757. The lowest BCUT2D eigenvalue weighted by atomic mass is 9.92. The van der Waals surface area contributed by atoms with E-state index < -0.39 is 0 Å². The third-order valence-electron chi connectivity index (χ3n) is 3.53. The van der Waals surface area contributed by atoms with E-state index >= 15 is 0 Å². The average Bonchev–Trinajstić information content (AvgIpc) is 2.77.